The number of hydrogen-bond acceptors (Lipinski definition) is 3. The van der Waals surface area contributed by atoms with Gasteiger partial charge in [0.25, 0.3) is 5.91 Å². The number of aromatic amines is 1. The van der Waals surface area contributed by atoms with Gasteiger partial charge in [-0.15, -0.1) is 0 Å². The van der Waals surface area contributed by atoms with Gasteiger partial charge in [0.1, 0.15) is 5.82 Å². The lowest BCUT2D eigenvalue weighted by atomic mass is 10.1. The number of H-pyrrole nitrogens is 1. The molecule has 0 aliphatic carbocycles. The number of hydrogen-bond donors (Lipinski definition) is 1. The number of carbonyl (C=O) groups excluding carboxylic acids is 1. The van der Waals surface area contributed by atoms with Crippen LogP contribution in [-0.2, 0) is 0 Å². The molecule has 1 fully saturated rings. The van der Waals surface area contributed by atoms with E-state index in [0.717, 1.165) is 12.2 Å². The number of aryl methyl sites for hydroxylation is 2. The van der Waals surface area contributed by atoms with Crippen molar-refractivity contribution >= 4 is 17.5 Å². The number of aromatic nitrogens is 3. The van der Waals surface area contributed by atoms with Gasteiger partial charge in [-0.1, -0.05) is 17.7 Å². The van der Waals surface area contributed by atoms with E-state index in [1.807, 2.05) is 6.92 Å². The van der Waals surface area contributed by atoms with Crippen LogP contribution in [0, 0.1) is 19.7 Å². The number of benzene rings is 1. The summed E-state index contributed by atoms with van der Waals surface area (Å²) in [6.07, 6.45) is 0.768. The third kappa shape index (κ3) is 2.59. The largest absolute Gasteiger partial charge is 0.338 e. The molecule has 1 aromatic carbocycles. The zero-order valence-electron chi connectivity index (χ0n) is 12.4. The lowest BCUT2D eigenvalue weighted by molar-refractivity contribution is 0.0786. The van der Waals surface area contributed by atoms with Crippen LogP contribution >= 0.6 is 11.6 Å². The molecule has 1 unspecified atom stereocenters. The van der Waals surface area contributed by atoms with E-state index >= 15 is 0 Å². The summed E-state index contributed by atoms with van der Waals surface area (Å²) in [4.78, 5) is 18.4. The van der Waals surface area contributed by atoms with Crippen molar-refractivity contribution in [1.82, 2.24) is 20.1 Å². The molecule has 7 heteroatoms. The fourth-order valence-electron chi connectivity index (χ4n) is 2.68. The van der Waals surface area contributed by atoms with Gasteiger partial charge in [-0.2, -0.15) is 5.10 Å². The van der Waals surface area contributed by atoms with Gasteiger partial charge in [-0.05, 0) is 31.9 Å². The van der Waals surface area contributed by atoms with E-state index in [1.165, 1.54) is 6.07 Å². The smallest absolute Gasteiger partial charge is 0.256 e. The summed E-state index contributed by atoms with van der Waals surface area (Å²) in [5, 5.41) is 6.95. The summed E-state index contributed by atoms with van der Waals surface area (Å²) >= 11 is 5.89. The Bertz CT molecular complexity index is 730. The summed E-state index contributed by atoms with van der Waals surface area (Å²) in [5.41, 5.74) is 0.633. The summed E-state index contributed by atoms with van der Waals surface area (Å²) in [5.74, 6) is 0.544. The van der Waals surface area contributed by atoms with Crippen LogP contribution in [0.15, 0.2) is 12.1 Å². The van der Waals surface area contributed by atoms with Gasteiger partial charge in [0.2, 0.25) is 0 Å². The Labute approximate surface area is 132 Å². The molecular formula is C15H16ClFN4O. The van der Waals surface area contributed by atoms with E-state index in [0.29, 0.717) is 24.5 Å². The van der Waals surface area contributed by atoms with Gasteiger partial charge in [0, 0.05) is 19.0 Å². The number of likely N-dealkylation sites (tertiary alicyclic amines) is 1. The highest BCUT2D eigenvalue weighted by molar-refractivity contribution is 6.31. The predicted octanol–water partition coefficient (Wildman–Crippen LogP) is 2.84. The second kappa shape index (κ2) is 5.68. The summed E-state index contributed by atoms with van der Waals surface area (Å²) in [7, 11) is 0. The monoisotopic (exact) mass is 322 g/mol. The van der Waals surface area contributed by atoms with Gasteiger partial charge < -0.3 is 4.90 Å². The van der Waals surface area contributed by atoms with Crippen LogP contribution in [0.3, 0.4) is 0 Å². The molecule has 0 bridgehead atoms. The highest BCUT2D eigenvalue weighted by atomic mass is 35.5. The van der Waals surface area contributed by atoms with Crippen LogP contribution in [0.1, 0.15) is 39.9 Å². The number of rotatable bonds is 2. The fourth-order valence-corrected chi connectivity index (χ4v) is 2.84. The van der Waals surface area contributed by atoms with E-state index in [-0.39, 0.29) is 22.4 Å². The molecule has 2 heterocycles. The van der Waals surface area contributed by atoms with E-state index < -0.39 is 5.82 Å². The Morgan fingerprint density at radius 1 is 1.45 bits per heavy atom. The molecule has 2 aromatic rings. The Balaban J connectivity index is 1.78. The molecule has 1 amide bonds. The van der Waals surface area contributed by atoms with Crippen LogP contribution in [-0.4, -0.2) is 39.1 Å². The molecule has 1 aromatic heterocycles. The maximum Gasteiger partial charge on any atom is 0.256 e. The van der Waals surface area contributed by atoms with E-state index in [2.05, 4.69) is 15.2 Å². The van der Waals surface area contributed by atoms with Gasteiger partial charge in [-0.25, -0.2) is 9.37 Å². The van der Waals surface area contributed by atoms with Crippen LogP contribution in [0.5, 0.6) is 0 Å². The van der Waals surface area contributed by atoms with Gasteiger partial charge in [0.15, 0.2) is 11.6 Å². The number of carbonyl (C=O) groups is 1. The fraction of sp³-hybridized carbons (Fsp3) is 0.400. The first-order valence-corrected chi connectivity index (χ1v) is 7.48. The molecule has 1 atom stereocenters. The van der Waals surface area contributed by atoms with Crippen molar-refractivity contribution in [2.45, 2.75) is 26.2 Å². The maximum atomic E-state index is 14.2. The molecule has 0 radical (unpaired) electrons. The summed E-state index contributed by atoms with van der Waals surface area (Å²) < 4.78 is 14.2. The highest BCUT2D eigenvalue weighted by Gasteiger charge is 2.31. The summed E-state index contributed by atoms with van der Waals surface area (Å²) in [6.45, 7) is 4.58. The molecule has 1 N–H and O–H groups in total. The zero-order valence-corrected chi connectivity index (χ0v) is 13.1. The minimum atomic E-state index is -0.649. The lowest BCUT2D eigenvalue weighted by Crippen LogP contribution is -2.29. The van der Waals surface area contributed by atoms with Gasteiger partial charge in [0.05, 0.1) is 10.6 Å². The van der Waals surface area contributed by atoms with Crippen molar-refractivity contribution in [1.29, 1.82) is 0 Å². The molecule has 22 heavy (non-hydrogen) atoms. The minimum Gasteiger partial charge on any atom is -0.338 e. The molecule has 1 saturated heterocycles. The topological polar surface area (TPSA) is 61.9 Å². The minimum absolute atomic E-state index is 0.00573. The second-order valence-electron chi connectivity index (χ2n) is 5.57. The van der Waals surface area contributed by atoms with Crippen LogP contribution in [0.25, 0.3) is 0 Å². The normalized spacial score (nSPS) is 18.0. The molecule has 0 saturated carbocycles. The predicted molar refractivity (Wildman–Crippen MR) is 80.5 cm³/mol. The highest BCUT2D eigenvalue weighted by Crippen LogP contribution is 2.28. The molecule has 5 nitrogen and oxygen atoms in total. The first-order chi connectivity index (χ1) is 10.5. The molecule has 3 rings (SSSR count). The second-order valence-corrected chi connectivity index (χ2v) is 5.95. The third-order valence-corrected chi connectivity index (χ3v) is 4.42. The summed E-state index contributed by atoms with van der Waals surface area (Å²) in [6, 6.07) is 3.15. The Morgan fingerprint density at radius 2 is 2.23 bits per heavy atom. The van der Waals surface area contributed by atoms with Gasteiger partial charge >= 0.3 is 0 Å². The van der Waals surface area contributed by atoms with Crippen molar-refractivity contribution in [3.05, 3.63) is 45.7 Å². The molecule has 116 valence electrons. The van der Waals surface area contributed by atoms with E-state index in [1.54, 1.807) is 17.9 Å². The van der Waals surface area contributed by atoms with Crippen molar-refractivity contribution < 1.29 is 9.18 Å². The average Bonchev–Trinajstić information content (AvgIpc) is 3.13. The van der Waals surface area contributed by atoms with Crippen LogP contribution in [0.4, 0.5) is 4.39 Å². The SMILES string of the molecule is Cc1nc(C2CCN(C(=O)c3ccc(C)c(Cl)c3F)C2)n[nH]1. The average molecular weight is 323 g/mol. The quantitative estimate of drug-likeness (QED) is 0.924. The van der Waals surface area contributed by atoms with Crippen molar-refractivity contribution in [2.75, 3.05) is 13.1 Å². The number of halogens is 2. The van der Waals surface area contributed by atoms with Crippen LogP contribution < -0.4 is 0 Å². The Hall–Kier alpha value is -1.95. The first kappa shape index (κ1) is 15.0. The Morgan fingerprint density at radius 3 is 2.91 bits per heavy atom. The van der Waals surface area contributed by atoms with Gasteiger partial charge in [-0.3, -0.25) is 9.89 Å². The third-order valence-electron chi connectivity index (χ3n) is 3.96. The van der Waals surface area contributed by atoms with E-state index in [4.69, 9.17) is 11.6 Å². The van der Waals surface area contributed by atoms with E-state index in [9.17, 15) is 9.18 Å². The Kier molecular flexibility index (Phi) is 3.87. The maximum absolute atomic E-state index is 14.2. The molecule has 1 aliphatic heterocycles. The molecule has 1 aliphatic rings. The number of nitrogens with zero attached hydrogens (tertiary/aromatic N) is 3. The van der Waals surface area contributed by atoms with Crippen molar-refractivity contribution in [2.24, 2.45) is 0 Å². The molecule has 0 spiro atoms. The molecular weight excluding hydrogens is 307 g/mol. The zero-order chi connectivity index (χ0) is 15.9. The number of nitrogens with one attached hydrogen (secondary N) is 1. The van der Waals surface area contributed by atoms with Crippen molar-refractivity contribution in [3.8, 4) is 0 Å². The van der Waals surface area contributed by atoms with Crippen LogP contribution in [0.2, 0.25) is 5.02 Å². The first-order valence-electron chi connectivity index (χ1n) is 7.10. The van der Waals surface area contributed by atoms with Crippen molar-refractivity contribution in [3.63, 3.8) is 0 Å². The number of amides is 1. The standard InChI is InChI=1S/C15H16ClFN4O/c1-8-3-4-11(13(17)12(8)16)15(22)21-6-5-10(7-21)14-18-9(2)19-20-14/h3-4,10H,5-7H2,1-2H3,(H,18,19,20). The lowest BCUT2D eigenvalue weighted by Gasteiger charge is -2.17.